The molecule has 1 saturated heterocycles. The largest absolute Gasteiger partial charge is 0.349 e. The van der Waals surface area contributed by atoms with Gasteiger partial charge in [-0.25, -0.2) is 0 Å². The number of benzene rings is 1. The number of carbonyl (C=O) groups excluding carboxylic acids is 1. The van der Waals surface area contributed by atoms with Crippen LogP contribution in [0, 0.1) is 6.92 Å². The number of carbonyl (C=O) groups is 1. The second kappa shape index (κ2) is 6.98. The number of nitrogens with zero attached hydrogens (tertiary/aromatic N) is 2. The third-order valence-electron chi connectivity index (χ3n) is 4.84. The Labute approximate surface area is 151 Å². The van der Waals surface area contributed by atoms with Gasteiger partial charge in [-0.1, -0.05) is 17.7 Å². The first-order valence-corrected chi connectivity index (χ1v) is 9.61. The van der Waals surface area contributed by atoms with Crippen molar-refractivity contribution in [2.45, 2.75) is 25.8 Å². The van der Waals surface area contributed by atoms with Gasteiger partial charge in [0.05, 0.1) is 11.6 Å². The molecular formula is C19H22N4OS. The van der Waals surface area contributed by atoms with Crippen LogP contribution >= 0.6 is 11.3 Å². The second-order valence-electron chi connectivity index (χ2n) is 6.61. The molecule has 1 unspecified atom stereocenters. The number of aryl methyl sites for hydroxylation is 1. The smallest absolute Gasteiger partial charge is 0.272 e. The molecule has 3 aromatic rings. The minimum Gasteiger partial charge on any atom is -0.349 e. The second-order valence-corrected chi connectivity index (χ2v) is 7.58. The van der Waals surface area contributed by atoms with Gasteiger partial charge in [-0.15, -0.1) is 11.3 Å². The van der Waals surface area contributed by atoms with Crippen LogP contribution in [0.3, 0.4) is 0 Å². The van der Waals surface area contributed by atoms with Gasteiger partial charge in [-0.3, -0.25) is 14.8 Å². The Kier molecular flexibility index (Phi) is 4.55. The van der Waals surface area contributed by atoms with Crippen LogP contribution in [0.15, 0.2) is 35.7 Å². The summed E-state index contributed by atoms with van der Waals surface area (Å²) >= 11 is 1.76. The first-order chi connectivity index (χ1) is 12.2. The highest BCUT2D eigenvalue weighted by Crippen LogP contribution is 2.28. The molecular weight excluding hydrogens is 332 g/mol. The van der Waals surface area contributed by atoms with E-state index < -0.39 is 0 Å². The number of hydrogen-bond acceptors (Lipinski definition) is 4. The Morgan fingerprint density at radius 2 is 2.20 bits per heavy atom. The van der Waals surface area contributed by atoms with E-state index in [1.54, 1.807) is 11.3 Å². The van der Waals surface area contributed by atoms with Crippen LogP contribution in [-0.2, 0) is 0 Å². The molecule has 3 heterocycles. The normalized spacial score (nSPS) is 16.4. The van der Waals surface area contributed by atoms with Crippen molar-refractivity contribution in [1.82, 2.24) is 20.4 Å². The van der Waals surface area contributed by atoms with Crippen LogP contribution in [0.2, 0.25) is 0 Å². The summed E-state index contributed by atoms with van der Waals surface area (Å²) in [6, 6.07) is 10.5. The first-order valence-electron chi connectivity index (χ1n) is 8.73. The van der Waals surface area contributed by atoms with Gasteiger partial charge in [0, 0.05) is 16.8 Å². The molecule has 0 bridgehead atoms. The van der Waals surface area contributed by atoms with Crippen molar-refractivity contribution in [3.05, 3.63) is 51.8 Å². The number of rotatable bonds is 5. The molecule has 1 atom stereocenters. The number of amides is 1. The van der Waals surface area contributed by atoms with E-state index in [1.165, 1.54) is 17.7 Å². The van der Waals surface area contributed by atoms with Crippen molar-refractivity contribution < 1.29 is 4.79 Å². The average Bonchev–Trinajstić information content (AvgIpc) is 3.36. The highest BCUT2D eigenvalue weighted by Gasteiger charge is 2.25. The lowest BCUT2D eigenvalue weighted by Gasteiger charge is -2.26. The maximum Gasteiger partial charge on any atom is 0.272 e. The summed E-state index contributed by atoms with van der Waals surface area (Å²) in [6.45, 7) is 4.83. The highest BCUT2D eigenvalue weighted by atomic mass is 32.1. The molecule has 1 fully saturated rings. The van der Waals surface area contributed by atoms with Crippen LogP contribution < -0.4 is 5.32 Å². The predicted octanol–water partition coefficient (Wildman–Crippen LogP) is 3.50. The zero-order chi connectivity index (χ0) is 17.2. The summed E-state index contributed by atoms with van der Waals surface area (Å²) in [5.41, 5.74) is 2.49. The summed E-state index contributed by atoms with van der Waals surface area (Å²) in [7, 11) is 0. The van der Waals surface area contributed by atoms with Crippen molar-refractivity contribution in [3.8, 4) is 0 Å². The Balaban J connectivity index is 1.52. The van der Waals surface area contributed by atoms with Crippen molar-refractivity contribution in [2.75, 3.05) is 19.6 Å². The Morgan fingerprint density at radius 1 is 1.36 bits per heavy atom. The van der Waals surface area contributed by atoms with E-state index >= 15 is 0 Å². The number of hydrogen-bond donors (Lipinski definition) is 2. The number of H-pyrrole nitrogens is 1. The maximum atomic E-state index is 12.7. The fourth-order valence-corrected chi connectivity index (χ4v) is 4.38. The molecule has 1 aliphatic heterocycles. The lowest BCUT2D eigenvalue weighted by atomic mass is 10.1. The van der Waals surface area contributed by atoms with Crippen LogP contribution in [0.5, 0.6) is 0 Å². The molecule has 2 N–H and O–H groups in total. The molecule has 1 amide bonds. The summed E-state index contributed by atoms with van der Waals surface area (Å²) in [5, 5.41) is 13.3. The van der Waals surface area contributed by atoms with Crippen LogP contribution in [0.4, 0.5) is 0 Å². The first kappa shape index (κ1) is 16.3. The number of fused-ring (bicyclic) bond motifs is 1. The maximum absolute atomic E-state index is 12.7. The van der Waals surface area contributed by atoms with E-state index in [9.17, 15) is 4.79 Å². The molecule has 130 valence electrons. The topological polar surface area (TPSA) is 61.0 Å². The van der Waals surface area contributed by atoms with Crippen molar-refractivity contribution in [2.24, 2.45) is 0 Å². The molecule has 0 saturated carbocycles. The van der Waals surface area contributed by atoms with Crippen LogP contribution in [0.25, 0.3) is 10.9 Å². The third-order valence-corrected chi connectivity index (χ3v) is 5.82. The molecule has 2 aromatic heterocycles. The monoisotopic (exact) mass is 354 g/mol. The summed E-state index contributed by atoms with van der Waals surface area (Å²) in [4.78, 5) is 16.5. The number of likely N-dealkylation sites (tertiary alicyclic amines) is 1. The zero-order valence-corrected chi connectivity index (χ0v) is 15.1. The number of aromatic amines is 1. The number of thiophene rings is 1. The van der Waals surface area contributed by atoms with E-state index in [-0.39, 0.29) is 11.9 Å². The Bertz CT molecular complexity index is 865. The fourth-order valence-electron chi connectivity index (χ4n) is 3.52. The minimum atomic E-state index is -0.113. The van der Waals surface area contributed by atoms with Gasteiger partial charge in [0.15, 0.2) is 5.69 Å². The highest BCUT2D eigenvalue weighted by molar-refractivity contribution is 7.10. The van der Waals surface area contributed by atoms with E-state index in [4.69, 9.17) is 0 Å². The average molecular weight is 354 g/mol. The summed E-state index contributed by atoms with van der Waals surface area (Å²) in [5.74, 6) is -0.113. The van der Waals surface area contributed by atoms with Crippen LogP contribution in [-0.4, -0.2) is 40.6 Å². The number of aromatic nitrogens is 2. The minimum absolute atomic E-state index is 0.113. The molecule has 0 spiro atoms. The quantitative estimate of drug-likeness (QED) is 0.737. The SMILES string of the molecule is Cc1ccc2[nH]nc(C(=O)NCC(c3cccs3)N3CCCC3)c2c1. The number of nitrogens with one attached hydrogen (secondary N) is 2. The third kappa shape index (κ3) is 3.32. The molecule has 4 rings (SSSR count). The van der Waals surface area contributed by atoms with Crippen molar-refractivity contribution in [1.29, 1.82) is 0 Å². The molecule has 25 heavy (non-hydrogen) atoms. The van der Waals surface area contributed by atoms with Gasteiger partial charge < -0.3 is 5.32 Å². The lowest BCUT2D eigenvalue weighted by molar-refractivity contribution is 0.0935. The van der Waals surface area contributed by atoms with Crippen molar-refractivity contribution >= 4 is 28.1 Å². The van der Waals surface area contributed by atoms with Gasteiger partial charge in [-0.2, -0.15) is 5.10 Å². The van der Waals surface area contributed by atoms with E-state index in [2.05, 4.69) is 37.9 Å². The molecule has 5 nitrogen and oxygen atoms in total. The van der Waals surface area contributed by atoms with Gasteiger partial charge in [-0.05, 0) is 56.4 Å². The van der Waals surface area contributed by atoms with Crippen LogP contribution in [0.1, 0.15) is 39.8 Å². The molecule has 1 aromatic carbocycles. The Morgan fingerprint density at radius 3 is 2.96 bits per heavy atom. The molecule has 6 heteroatoms. The Hall–Kier alpha value is -2.18. The predicted molar refractivity (Wildman–Crippen MR) is 101 cm³/mol. The van der Waals surface area contributed by atoms with Gasteiger partial charge in [0.1, 0.15) is 0 Å². The van der Waals surface area contributed by atoms with Gasteiger partial charge in [0.2, 0.25) is 0 Å². The van der Waals surface area contributed by atoms with Gasteiger partial charge in [0.25, 0.3) is 5.91 Å². The zero-order valence-electron chi connectivity index (χ0n) is 14.3. The molecule has 1 aliphatic rings. The molecule has 0 radical (unpaired) electrons. The van der Waals surface area contributed by atoms with E-state index in [0.29, 0.717) is 12.2 Å². The van der Waals surface area contributed by atoms with Gasteiger partial charge >= 0.3 is 0 Å². The standard InChI is InChI=1S/C19H22N4OS/c1-13-6-7-15-14(11-13)18(22-21-15)19(24)20-12-16(17-5-4-10-25-17)23-8-2-3-9-23/h4-7,10-11,16H,2-3,8-9,12H2,1H3,(H,20,24)(H,21,22). The van der Waals surface area contributed by atoms with E-state index in [1.807, 2.05) is 25.1 Å². The van der Waals surface area contributed by atoms with Crippen molar-refractivity contribution in [3.63, 3.8) is 0 Å². The lowest BCUT2D eigenvalue weighted by Crippen LogP contribution is -2.36. The summed E-state index contributed by atoms with van der Waals surface area (Å²) < 4.78 is 0. The molecule has 0 aliphatic carbocycles. The van der Waals surface area contributed by atoms with E-state index in [0.717, 1.165) is 29.6 Å². The fraction of sp³-hybridized carbons (Fsp3) is 0.368. The summed E-state index contributed by atoms with van der Waals surface area (Å²) in [6.07, 6.45) is 2.47.